The van der Waals surface area contributed by atoms with Crippen LogP contribution in [0.5, 0.6) is 0 Å². The van der Waals surface area contributed by atoms with Crippen LogP contribution in [-0.2, 0) is 9.53 Å². The summed E-state index contributed by atoms with van der Waals surface area (Å²) in [5, 5.41) is 5.39. The molecule has 0 spiro atoms. The maximum atomic E-state index is 13.0. The van der Waals surface area contributed by atoms with Gasteiger partial charge in [-0.15, -0.1) is 0 Å². The van der Waals surface area contributed by atoms with Crippen LogP contribution < -0.4 is 10.6 Å². The lowest BCUT2D eigenvalue weighted by molar-refractivity contribution is -0.124. The Labute approximate surface area is 98.1 Å². The van der Waals surface area contributed by atoms with Crippen LogP contribution in [0.4, 0.5) is 8.78 Å². The molecule has 1 amide bonds. The highest BCUT2D eigenvalue weighted by Gasteiger charge is 2.45. The van der Waals surface area contributed by atoms with Crippen LogP contribution in [0.1, 0.15) is 25.7 Å². The zero-order valence-corrected chi connectivity index (χ0v) is 9.42. The third-order valence-electron chi connectivity index (χ3n) is 3.86. The van der Waals surface area contributed by atoms with Crippen molar-refractivity contribution >= 4 is 5.91 Å². The van der Waals surface area contributed by atoms with Gasteiger partial charge >= 0.3 is 0 Å². The van der Waals surface area contributed by atoms with E-state index >= 15 is 0 Å². The minimum atomic E-state index is -2.76. The molecule has 2 N–H and O–H groups in total. The molecule has 3 saturated heterocycles. The number of carbonyl (C=O) groups excluding carboxylic acids is 1. The zero-order valence-electron chi connectivity index (χ0n) is 9.42. The molecule has 0 aliphatic carbocycles. The fourth-order valence-corrected chi connectivity index (χ4v) is 2.97. The number of carbonyl (C=O) groups is 1. The van der Waals surface area contributed by atoms with Gasteiger partial charge in [0.15, 0.2) is 0 Å². The standard InChI is InChI=1S/C11H16F2N2O2/c12-11(13)4-8(14-5-11)10(16)15-7-3-6-1-2-9(7)17-6/h6-9,14H,1-5H2,(H,15,16). The quantitative estimate of drug-likeness (QED) is 0.742. The van der Waals surface area contributed by atoms with E-state index < -0.39 is 24.9 Å². The summed E-state index contributed by atoms with van der Waals surface area (Å²) in [6, 6.07) is -0.749. The summed E-state index contributed by atoms with van der Waals surface area (Å²) in [6.07, 6.45) is 2.77. The number of hydrogen-bond acceptors (Lipinski definition) is 3. The largest absolute Gasteiger partial charge is 0.373 e. The highest BCUT2D eigenvalue weighted by atomic mass is 19.3. The van der Waals surface area contributed by atoms with Crippen LogP contribution >= 0.6 is 0 Å². The monoisotopic (exact) mass is 246 g/mol. The van der Waals surface area contributed by atoms with Crippen LogP contribution in [0.2, 0.25) is 0 Å². The summed E-state index contributed by atoms with van der Waals surface area (Å²) in [7, 11) is 0. The van der Waals surface area contributed by atoms with Crippen molar-refractivity contribution in [2.24, 2.45) is 0 Å². The van der Waals surface area contributed by atoms with Crippen molar-refractivity contribution in [3.63, 3.8) is 0 Å². The number of ether oxygens (including phenoxy) is 1. The van der Waals surface area contributed by atoms with Crippen molar-refractivity contribution in [2.75, 3.05) is 6.54 Å². The molecular weight excluding hydrogens is 230 g/mol. The highest BCUT2D eigenvalue weighted by molar-refractivity contribution is 5.82. The summed E-state index contributed by atoms with van der Waals surface area (Å²) >= 11 is 0. The van der Waals surface area contributed by atoms with Gasteiger partial charge in [-0.05, 0) is 19.3 Å². The van der Waals surface area contributed by atoms with E-state index in [1.165, 1.54) is 0 Å². The Morgan fingerprint density at radius 1 is 1.41 bits per heavy atom. The zero-order chi connectivity index (χ0) is 12.0. The van der Waals surface area contributed by atoms with Gasteiger partial charge in [-0.1, -0.05) is 0 Å². The first kappa shape index (κ1) is 11.3. The molecule has 3 aliphatic rings. The van der Waals surface area contributed by atoms with E-state index in [4.69, 9.17) is 4.74 Å². The van der Waals surface area contributed by atoms with Gasteiger partial charge in [0.1, 0.15) is 0 Å². The smallest absolute Gasteiger partial charge is 0.262 e. The van der Waals surface area contributed by atoms with Gasteiger partial charge in [0.2, 0.25) is 5.91 Å². The van der Waals surface area contributed by atoms with E-state index in [1.807, 2.05) is 0 Å². The molecule has 2 bridgehead atoms. The van der Waals surface area contributed by atoms with Gasteiger partial charge in [0.25, 0.3) is 5.92 Å². The fraction of sp³-hybridized carbons (Fsp3) is 0.909. The molecular formula is C11H16F2N2O2. The van der Waals surface area contributed by atoms with Gasteiger partial charge in [0, 0.05) is 6.42 Å². The maximum Gasteiger partial charge on any atom is 0.262 e. The molecule has 3 aliphatic heterocycles. The van der Waals surface area contributed by atoms with Crippen molar-refractivity contribution in [1.82, 2.24) is 10.6 Å². The van der Waals surface area contributed by atoms with Crippen LogP contribution in [0.3, 0.4) is 0 Å². The molecule has 4 unspecified atom stereocenters. The van der Waals surface area contributed by atoms with Crippen LogP contribution in [-0.4, -0.2) is 42.7 Å². The van der Waals surface area contributed by atoms with Crippen molar-refractivity contribution < 1.29 is 18.3 Å². The van der Waals surface area contributed by atoms with Gasteiger partial charge in [-0.25, -0.2) is 8.78 Å². The van der Waals surface area contributed by atoms with E-state index in [9.17, 15) is 13.6 Å². The van der Waals surface area contributed by atoms with E-state index in [0.29, 0.717) is 0 Å². The Morgan fingerprint density at radius 2 is 2.24 bits per heavy atom. The predicted molar refractivity (Wildman–Crippen MR) is 55.8 cm³/mol. The normalized spacial score (nSPS) is 42.9. The van der Waals surface area contributed by atoms with Gasteiger partial charge in [0.05, 0.1) is 30.8 Å². The van der Waals surface area contributed by atoms with E-state index in [2.05, 4.69) is 10.6 Å². The second-order valence-electron chi connectivity index (χ2n) is 5.22. The average Bonchev–Trinajstić information content (AvgIpc) is 2.92. The molecule has 3 heterocycles. The maximum absolute atomic E-state index is 13.0. The highest BCUT2D eigenvalue weighted by Crippen LogP contribution is 2.34. The minimum absolute atomic E-state index is 0.0114. The summed E-state index contributed by atoms with van der Waals surface area (Å²) in [6.45, 7) is -0.404. The first-order chi connectivity index (χ1) is 8.03. The molecule has 4 nitrogen and oxygen atoms in total. The molecule has 6 heteroatoms. The molecule has 0 aromatic heterocycles. The molecule has 0 aromatic rings. The van der Waals surface area contributed by atoms with Crippen LogP contribution in [0.25, 0.3) is 0 Å². The number of halogens is 2. The third-order valence-corrected chi connectivity index (χ3v) is 3.86. The fourth-order valence-electron chi connectivity index (χ4n) is 2.97. The first-order valence-electron chi connectivity index (χ1n) is 6.10. The average molecular weight is 246 g/mol. The van der Waals surface area contributed by atoms with Crippen LogP contribution in [0.15, 0.2) is 0 Å². The molecule has 3 rings (SSSR count). The lowest BCUT2D eigenvalue weighted by Gasteiger charge is -2.22. The second-order valence-corrected chi connectivity index (χ2v) is 5.22. The summed E-state index contributed by atoms with van der Waals surface area (Å²) < 4.78 is 31.5. The van der Waals surface area contributed by atoms with Gasteiger partial charge in [-0.2, -0.15) is 0 Å². The molecule has 0 saturated carbocycles. The first-order valence-corrected chi connectivity index (χ1v) is 6.10. The number of amides is 1. The molecule has 96 valence electrons. The molecule has 4 atom stereocenters. The summed E-state index contributed by atoms with van der Waals surface area (Å²) in [5.41, 5.74) is 0. The third kappa shape index (κ3) is 2.15. The number of fused-ring (bicyclic) bond motifs is 2. The van der Waals surface area contributed by atoms with Gasteiger partial charge in [-0.3, -0.25) is 10.1 Å². The molecule has 3 fully saturated rings. The molecule has 0 radical (unpaired) electrons. The molecule has 0 aromatic carbocycles. The Morgan fingerprint density at radius 3 is 2.76 bits per heavy atom. The SMILES string of the molecule is O=C(NC1CC2CCC1O2)C1CC(F)(F)CN1. The van der Waals surface area contributed by atoms with Crippen molar-refractivity contribution in [3.05, 3.63) is 0 Å². The van der Waals surface area contributed by atoms with E-state index in [0.717, 1.165) is 19.3 Å². The number of alkyl halides is 2. The number of hydrogen-bond donors (Lipinski definition) is 2. The lowest BCUT2D eigenvalue weighted by Crippen LogP contribution is -2.48. The lowest BCUT2D eigenvalue weighted by atomic mass is 9.95. The van der Waals surface area contributed by atoms with E-state index in [-0.39, 0.29) is 24.2 Å². The molecule has 17 heavy (non-hydrogen) atoms. The minimum Gasteiger partial charge on any atom is -0.373 e. The Bertz CT molecular complexity index is 337. The van der Waals surface area contributed by atoms with Crippen molar-refractivity contribution in [1.29, 1.82) is 0 Å². The Hall–Kier alpha value is -0.750. The number of rotatable bonds is 2. The van der Waals surface area contributed by atoms with E-state index in [1.54, 1.807) is 0 Å². The Balaban J connectivity index is 1.54. The van der Waals surface area contributed by atoms with Crippen molar-refractivity contribution in [3.8, 4) is 0 Å². The second kappa shape index (κ2) is 3.88. The Kier molecular flexibility index (Phi) is 2.59. The predicted octanol–water partition coefficient (Wildman–Crippen LogP) is 0.420. The topological polar surface area (TPSA) is 50.4 Å². The van der Waals surface area contributed by atoms with Gasteiger partial charge < -0.3 is 10.1 Å². The van der Waals surface area contributed by atoms with Crippen molar-refractivity contribution in [2.45, 2.75) is 55.9 Å². The number of nitrogens with one attached hydrogen (secondary N) is 2. The van der Waals surface area contributed by atoms with Crippen LogP contribution in [0, 0.1) is 0 Å². The summed E-state index contributed by atoms with van der Waals surface area (Å²) in [4.78, 5) is 11.8. The summed E-state index contributed by atoms with van der Waals surface area (Å²) in [5.74, 6) is -3.07.